The van der Waals surface area contributed by atoms with Crippen LogP contribution in [0.15, 0.2) is 0 Å². The van der Waals surface area contributed by atoms with Crippen molar-refractivity contribution in [1.82, 2.24) is 4.98 Å². The number of Topliss-reactive ketones (excluding diaryl/α,β-unsaturated/α-hetero) is 1. The van der Waals surface area contributed by atoms with Gasteiger partial charge in [-0.25, -0.2) is 4.98 Å². The lowest BCUT2D eigenvalue weighted by Crippen LogP contribution is -2.41. The smallest absolute Gasteiger partial charge is 0.171 e. The third-order valence-electron chi connectivity index (χ3n) is 3.58. The standard InChI is InChI=1S/C13H19NO2S/c1-9-10(2)17-12(14-9)8-11(15)13(16)6-4-3-5-7-13/h16H,3-8H2,1-2H3. The van der Waals surface area contributed by atoms with Crippen molar-refractivity contribution in [2.24, 2.45) is 0 Å². The van der Waals surface area contributed by atoms with Crippen molar-refractivity contribution in [3.05, 3.63) is 15.6 Å². The number of thiazole rings is 1. The summed E-state index contributed by atoms with van der Waals surface area (Å²) in [5, 5.41) is 11.1. The highest BCUT2D eigenvalue weighted by Crippen LogP contribution is 2.30. The molecule has 0 amide bonds. The Morgan fingerprint density at radius 3 is 2.53 bits per heavy atom. The van der Waals surface area contributed by atoms with Crippen LogP contribution in [0, 0.1) is 13.8 Å². The fourth-order valence-corrected chi connectivity index (χ4v) is 3.26. The van der Waals surface area contributed by atoms with Crippen LogP contribution in [0.4, 0.5) is 0 Å². The van der Waals surface area contributed by atoms with Gasteiger partial charge in [-0.15, -0.1) is 11.3 Å². The Hall–Kier alpha value is -0.740. The molecular weight excluding hydrogens is 234 g/mol. The van der Waals surface area contributed by atoms with Crippen LogP contribution in [-0.4, -0.2) is 21.5 Å². The van der Waals surface area contributed by atoms with Crippen LogP contribution >= 0.6 is 11.3 Å². The molecule has 3 nitrogen and oxygen atoms in total. The Kier molecular flexibility index (Phi) is 3.64. The molecule has 1 saturated carbocycles. The lowest BCUT2D eigenvalue weighted by atomic mass is 9.81. The second-order valence-electron chi connectivity index (χ2n) is 4.94. The van der Waals surface area contributed by atoms with E-state index >= 15 is 0 Å². The maximum Gasteiger partial charge on any atom is 0.171 e. The van der Waals surface area contributed by atoms with E-state index in [1.54, 1.807) is 11.3 Å². The summed E-state index contributed by atoms with van der Waals surface area (Å²) >= 11 is 1.56. The molecule has 4 heteroatoms. The van der Waals surface area contributed by atoms with Crippen molar-refractivity contribution in [1.29, 1.82) is 0 Å². The van der Waals surface area contributed by atoms with Crippen LogP contribution in [0.5, 0.6) is 0 Å². The Balaban J connectivity index is 2.05. The summed E-state index contributed by atoms with van der Waals surface area (Å²) in [5.74, 6) is -0.0500. The van der Waals surface area contributed by atoms with E-state index in [4.69, 9.17) is 0 Å². The normalized spacial score (nSPS) is 19.2. The minimum Gasteiger partial charge on any atom is -0.382 e. The van der Waals surface area contributed by atoms with E-state index in [0.717, 1.165) is 34.8 Å². The Bertz CT molecular complexity index is 400. The van der Waals surface area contributed by atoms with E-state index < -0.39 is 5.60 Å². The summed E-state index contributed by atoms with van der Waals surface area (Å²) in [4.78, 5) is 17.6. The summed E-state index contributed by atoms with van der Waals surface area (Å²) in [6.07, 6.45) is 4.57. The first-order valence-corrected chi connectivity index (χ1v) is 7.01. The fourth-order valence-electron chi connectivity index (χ4n) is 2.33. The van der Waals surface area contributed by atoms with E-state index in [2.05, 4.69) is 4.98 Å². The lowest BCUT2D eigenvalue weighted by molar-refractivity contribution is -0.139. The molecule has 0 atom stereocenters. The minimum atomic E-state index is -1.08. The van der Waals surface area contributed by atoms with Gasteiger partial charge >= 0.3 is 0 Å². The lowest BCUT2D eigenvalue weighted by Gasteiger charge is -2.30. The van der Waals surface area contributed by atoms with Crippen molar-refractivity contribution in [3.63, 3.8) is 0 Å². The van der Waals surface area contributed by atoms with Crippen molar-refractivity contribution >= 4 is 17.1 Å². The Labute approximate surface area is 106 Å². The highest BCUT2D eigenvalue weighted by atomic mass is 32.1. The molecule has 94 valence electrons. The number of aromatic nitrogens is 1. The van der Waals surface area contributed by atoms with E-state index in [1.807, 2.05) is 13.8 Å². The van der Waals surface area contributed by atoms with Gasteiger partial charge in [0.1, 0.15) is 10.6 Å². The van der Waals surface area contributed by atoms with Gasteiger partial charge in [-0.2, -0.15) is 0 Å². The molecule has 2 rings (SSSR count). The molecule has 0 aliphatic heterocycles. The number of carbonyl (C=O) groups is 1. The van der Waals surface area contributed by atoms with Gasteiger partial charge in [0.05, 0.1) is 12.1 Å². The zero-order valence-corrected chi connectivity index (χ0v) is 11.3. The highest BCUT2D eigenvalue weighted by Gasteiger charge is 2.36. The molecule has 0 spiro atoms. The summed E-state index contributed by atoms with van der Waals surface area (Å²) < 4.78 is 0. The van der Waals surface area contributed by atoms with Crippen LogP contribution in [-0.2, 0) is 11.2 Å². The molecule has 17 heavy (non-hydrogen) atoms. The van der Waals surface area contributed by atoms with Crippen molar-refractivity contribution in [2.75, 3.05) is 0 Å². The van der Waals surface area contributed by atoms with E-state index in [9.17, 15) is 9.90 Å². The molecule has 1 fully saturated rings. The van der Waals surface area contributed by atoms with Crippen LogP contribution in [0.2, 0.25) is 0 Å². The Morgan fingerprint density at radius 2 is 2.00 bits per heavy atom. The van der Waals surface area contributed by atoms with E-state index in [-0.39, 0.29) is 12.2 Å². The van der Waals surface area contributed by atoms with E-state index in [0.29, 0.717) is 12.8 Å². The summed E-state index contributed by atoms with van der Waals surface area (Å²) in [6, 6.07) is 0. The zero-order chi connectivity index (χ0) is 12.5. The van der Waals surface area contributed by atoms with Crippen LogP contribution in [0.1, 0.15) is 47.7 Å². The van der Waals surface area contributed by atoms with Gasteiger partial charge in [-0.3, -0.25) is 4.79 Å². The van der Waals surface area contributed by atoms with Crippen molar-refractivity contribution in [3.8, 4) is 0 Å². The number of rotatable bonds is 3. The van der Waals surface area contributed by atoms with Crippen LogP contribution in [0.25, 0.3) is 0 Å². The minimum absolute atomic E-state index is 0.0500. The largest absolute Gasteiger partial charge is 0.382 e. The molecule has 0 aromatic carbocycles. The second kappa shape index (κ2) is 4.86. The number of carbonyl (C=O) groups excluding carboxylic acids is 1. The topological polar surface area (TPSA) is 50.2 Å². The molecule has 0 bridgehead atoms. The number of ketones is 1. The van der Waals surface area contributed by atoms with Gasteiger partial charge in [0.15, 0.2) is 5.78 Å². The zero-order valence-electron chi connectivity index (χ0n) is 10.5. The fraction of sp³-hybridized carbons (Fsp3) is 0.692. The second-order valence-corrected chi connectivity index (χ2v) is 6.23. The molecule has 1 aliphatic rings. The molecule has 0 radical (unpaired) electrons. The third kappa shape index (κ3) is 2.75. The molecule has 1 heterocycles. The third-order valence-corrected chi connectivity index (χ3v) is 4.66. The molecule has 0 unspecified atom stereocenters. The number of hydrogen-bond acceptors (Lipinski definition) is 4. The first-order chi connectivity index (χ1) is 8.01. The maximum absolute atomic E-state index is 12.1. The van der Waals surface area contributed by atoms with E-state index in [1.165, 1.54) is 0 Å². The van der Waals surface area contributed by atoms with Gasteiger partial charge < -0.3 is 5.11 Å². The molecule has 1 aromatic heterocycles. The molecule has 1 N–H and O–H groups in total. The number of aryl methyl sites for hydroxylation is 2. The number of hydrogen-bond donors (Lipinski definition) is 1. The quantitative estimate of drug-likeness (QED) is 0.900. The highest BCUT2D eigenvalue weighted by molar-refractivity contribution is 7.11. The molecular formula is C13H19NO2S. The number of aliphatic hydroxyl groups is 1. The maximum atomic E-state index is 12.1. The summed E-state index contributed by atoms with van der Waals surface area (Å²) in [5.41, 5.74) is -0.0837. The molecule has 0 saturated heterocycles. The van der Waals surface area contributed by atoms with Crippen LogP contribution in [0.3, 0.4) is 0 Å². The van der Waals surface area contributed by atoms with Crippen molar-refractivity contribution < 1.29 is 9.90 Å². The monoisotopic (exact) mass is 253 g/mol. The predicted molar refractivity (Wildman–Crippen MR) is 68.3 cm³/mol. The number of nitrogens with zero attached hydrogens (tertiary/aromatic N) is 1. The predicted octanol–water partition coefficient (Wildman–Crippen LogP) is 2.57. The summed E-state index contributed by atoms with van der Waals surface area (Å²) in [7, 11) is 0. The first kappa shape index (κ1) is 12.7. The summed E-state index contributed by atoms with van der Waals surface area (Å²) in [6.45, 7) is 3.96. The van der Waals surface area contributed by atoms with Crippen LogP contribution < -0.4 is 0 Å². The van der Waals surface area contributed by atoms with Gasteiger partial charge in [0.2, 0.25) is 0 Å². The Morgan fingerprint density at radius 1 is 1.35 bits per heavy atom. The van der Waals surface area contributed by atoms with Gasteiger partial charge in [-0.05, 0) is 26.7 Å². The average molecular weight is 253 g/mol. The SMILES string of the molecule is Cc1nc(CC(=O)C2(O)CCCCC2)sc1C. The van der Waals surface area contributed by atoms with Gasteiger partial charge in [0, 0.05) is 4.88 Å². The molecule has 1 aromatic rings. The van der Waals surface area contributed by atoms with Gasteiger partial charge in [0.25, 0.3) is 0 Å². The van der Waals surface area contributed by atoms with Gasteiger partial charge in [-0.1, -0.05) is 19.3 Å². The average Bonchev–Trinajstić information content (AvgIpc) is 2.59. The van der Waals surface area contributed by atoms with Crippen molar-refractivity contribution in [2.45, 2.75) is 58.0 Å². The first-order valence-electron chi connectivity index (χ1n) is 6.20. The molecule has 1 aliphatic carbocycles.